The monoisotopic (exact) mass is 267 g/mol. The minimum Gasteiger partial charge on any atom is -0.371 e. The highest BCUT2D eigenvalue weighted by Crippen LogP contribution is 2.30. The van der Waals surface area contributed by atoms with E-state index in [0.717, 1.165) is 38.2 Å². The van der Waals surface area contributed by atoms with Crippen LogP contribution in [0.25, 0.3) is 0 Å². The second kappa shape index (κ2) is 5.59. The van der Waals surface area contributed by atoms with Gasteiger partial charge in [0.1, 0.15) is 0 Å². The standard InChI is InChI=1S/C13H18ClN3O/c14-10-2-1-3-11(12(10)13(16)18)17-6-4-9(8-15)5-7-17/h1-3,9H,4-8,15H2,(H2,16,18). The Labute approximate surface area is 112 Å². The number of primary amides is 1. The minimum absolute atomic E-state index is 0.418. The molecular weight excluding hydrogens is 250 g/mol. The average Bonchev–Trinajstić information content (AvgIpc) is 2.38. The normalized spacial score (nSPS) is 16.9. The summed E-state index contributed by atoms with van der Waals surface area (Å²) in [7, 11) is 0. The van der Waals surface area contributed by atoms with Gasteiger partial charge in [-0.1, -0.05) is 17.7 Å². The first-order valence-electron chi connectivity index (χ1n) is 6.16. The van der Waals surface area contributed by atoms with E-state index >= 15 is 0 Å². The van der Waals surface area contributed by atoms with Gasteiger partial charge >= 0.3 is 0 Å². The van der Waals surface area contributed by atoms with Crippen molar-refractivity contribution in [1.82, 2.24) is 0 Å². The van der Waals surface area contributed by atoms with Crippen LogP contribution in [0.15, 0.2) is 18.2 Å². The molecule has 0 bridgehead atoms. The lowest BCUT2D eigenvalue weighted by molar-refractivity contribution is 0.100. The van der Waals surface area contributed by atoms with Gasteiger partial charge in [-0.05, 0) is 37.4 Å². The van der Waals surface area contributed by atoms with E-state index in [1.165, 1.54) is 0 Å². The molecule has 1 aliphatic heterocycles. The van der Waals surface area contributed by atoms with Gasteiger partial charge in [0, 0.05) is 13.1 Å². The Bertz CT molecular complexity index is 442. The average molecular weight is 268 g/mol. The predicted molar refractivity (Wildman–Crippen MR) is 74.0 cm³/mol. The van der Waals surface area contributed by atoms with Crippen molar-refractivity contribution in [1.29, 1.82) is 0 Å². The molecule has 5 heteroatoms. The number of nitrogens with two attached hydrogens (primary N) is 2. The van der Waals surface area contributed by atoms with E-state index in [1.807, 2.05) is 12.1 Å². The number of rotatable bonds is 3. The van der Waals surface area contributed by atoms with Crippen molar-refractivity contribution >= 4 is 23.2 Å². The zero-order valence-electron chi connectivity index (χ0n) is 10.2. The number of carbonyl (C=O) groups excluding carboxylic acids is 1. The summed E-state index contributed by atoms with van der Waals surface area (Å²) in [5, 5.41) is 0.418. The SMILES string of the molecule is NCC1CCN(c2cccc(Cl)c2C(N)=O)CC1. The van der Waals surface area contributed by atoms with Crippen molar-refractivity contribution in [3.05, 3.63) is 28.8 Å². The highest BCUT2D eigenvalue weighted by Gasteiger charge is 2.22. The Morgan fingerprint density at radius 2 is 2.06 bits per heavy atom. The van der Waals surface area contributed by atoms with Crippen LogP contribution in [0.5, 0.6) is 0 Å². The third kappa shape index (κ3) is 2.60. The molecule has 0 aliphatic carbocycles. The number of piperidine rings is 1. The van der Waals surface area contributed by atoms with Gasteiger partial charge in [-0.3, -0.25) is 4.79 Å². The van der Waals surface area contributed by atoms with Crippen molar-refractivity contribution in [2.24, 2.45) is 17.4 Å². The van der Waals surface area contributed by atoms with Crippen LogP contribution in [0.1, 0.15) is 23.2 Å². The van der Waals surface area contributed by atoms with Gasteiger partial charge in [-0.15, -0.1) is 0 Å². The predicted octanol–water partition coefficient (Wildman–Crippen LogP) is 1.61. The fraction of sp³-hybridized carbons (Fsp3) is 0.462. The third-order valence-electron chi connectivity index (χ3n) is 3.53. The molecule has 1 aromatic carbocycles. The molecule has 18 heavy (non-hydrogen) atoms. The van der Waals surface area contributed by atoms with E-state index < -0.39 is 5.91 Å². The number of nitrogens with zero attached hydrogens (tertiary/aromatic N) is 1. The van der Waals surface area contributed by atoms with Crippen molar-refractivity contribution in [3.63, 3.8) is 0 Å². The van der Waals surface area contributed by atoms with Crippen LogP contribution in [-0.2, 0) is 0 Å². The Morgan fingerprint density at radius 3 is 2.61 bits per heavy atom. The van der Waals surface area contributed by atoms with Crippen molar-refractivity contribution in [3.8, 4) is 0 Å². The van der Waals surface area contributed by atoms with Gasteiger partial charge in [0.15, 0.2) is 0 Å². The molecule has 1 aliphatic rings. The van der Waals surface area contributed by atoms with Gasteiger partial charge < -0.3 is 16.4 Å². The molecule has 0 unspecified atom stereocenters. The van der Waals surface area contributed by atoms with Crippen LogP contribution in [0, 0.1) is 5.92 Å². The van der Waals surface area contributed by atoms with E-state index in [2.05, 4.69) is 4.90 Å². The maximum absolute atomic E-state index is 11.5. The maximum Gasteiger partial charge on any atom is 0.252 e. The summed E-state index contributed by atoms with van der Waals surface area (Å²) in [5.74, 6) is 0.106. The number of carbonyl (C=O) groups is 1. The molecule has 1 saturated heterocycles. The molecule has 4 nitrogen and oxygen atoms in total. The molecule has 1 amide bonds. The molecular formula is C13H18ClN3O. The molecule has 0 saturated carbocycles. The lowest BCUT2D eigenvalue weighted by Gasteiger charge is -2.34. The van der Waals surface area contributed by atoms with Crippen LogP contribution in [0.3, 0.4) is 0 Å². The van der Waals surface area contributed by atoms with E-state index in [1.54, 1.807) is 6.07 Å². The van der Waals surface area contributed by atoms with Crippen molar-refractivity contribution < 1.29 is 4.79 Å². The number of amides is 1. The molecule has 2 rings (SSSR count). The molecule has 0 atom stereocenters. The molecule has 0 aromatic heterocycles. The van der Waals surface area contributed by atoms with Gasteiger partial charge in [-0.25, -0.2) is 0 Å². The van der Waals surface area contributed by atoms with Crippen LogP contribution >= 0.6 is 11.6 Å². The maximum atomic E-state index is 11.5. The Hall–Kier alpha value is -1.26. The Balaban J connectivity index is 2.24. The number of benzene rings is 1. The third-order valence-corrected chi connectivity index (χ3v) is 3.84. The molecule has 1 fully saturated rings. The Kier molecular flexibility index (Phi) is 4.09. The van der Waals surface area contributed by atoms with E-state index in [4.69, 9.17) is 23.1 Å². The first-order chi connectivity index (χ1) is 8.63. The highest BCUT2D eigenvalue weighted by molar-refractivity contribution is 6.34. The fourth-order valence-electron chi connectivity index (χ4n) is 2.43. The lowest BCUT2D eigenvalue weighted by Crippen LogP contribution is -2.37. The summed E-state index contributed by atoms with van der Waals surface area (Å²) in [6.45, 7) is 2.51. The Morgan fingerprint density at radius 1 is 1.39 bits per heavy atom. The minimum atomic E-state index is -0.475. The van der Waals surface area contributed by atoms with Crippen molar-refractivity contribution in [2.75, 3.05) is 24.5 Å². The molecule has 0 spiro atoms. The van der Waals surface area contributed by atoms with E-state index in [9.17, 15) is 4.79 Å². The van der Waals surface area contributed by atoms with Crippen molar-refractivity contribution in [2.45, 2.75) is 12.8 Å². The smallest absolute Gasteiger partial charge is 0.252 e. The molecule has 1 heterocycles. The van der Waals surface area contributed by atoms with Crippen LogP contribution in [0.4, 0.5) is 5.69 Å². The molecule has 98 valence electrons. The topological polar surface area (TPSA) is 72.3 Å². The zero-order valence-corrected chi connectivity index (χ0v) is 11.0. The fourth-order valence-corrected chi connectivity index (χ4v) is 2.69. The number of halogens is 1. The summed E-state index contributed by atoms with van der Waals surface area (Å²) in [6, 6.07) is 5.44. The van der Waals surface area contributed by atoms with E-state index in [-0.39, 0.29) is 0 Å². The number of anilines is 1. The summed E-state index contributed by atoms with van der Waals surface area (Å²) in [4.78, 5) is 13.7. The van der Waals surface area contributed by atoms with Gasteiger partial charge in [-0.2, -0.15) is 0 Å². The zero-order chi connectivity index (χ0) is 13.1. The number of hydrogen-bond acceptors (Lipinski definition) is 3. The summed E-state index contributed by atoms with van der Waals surface area (Å²) in [5.41, 5.74) is 12.3. The second-order valence-corrected chi connectivity index (χ2v) is 5.07. The summed E-state index contributed by atoms with van der Waals surface area (Å²) >= 11 is 6.05. The van der Waals surface area contributed by atoms with E-state index in [0.29, 0.717) is 16.5 Å². The van der Waals surface area contributed by atoms with Gasteiger partial charge in [0.05, 0.1) is 16.3 Å². The quantitative estimate of drug-likeness (QED) is 0.874. The molecule has 1 aromatic rings. The molecule has 0 radical (unpaired) electrons. The van der Waals surface area contributed by atoms with Crippen LogP contribution < -0.4 is 16.4 Å². The first kappa shape index (κ1) is 13.2. The molecule has 4 N–H and O–H groups in total. The van der Waals surface area contributed by atoms with Gasteiger partial charge in [0.2, 0.25) is 0 Å². The first-order valence-corrected chi connectivity index (χ1v) is 6.54. The van der Waals surface area contributed by atoms with Crippen LogP contribution in [-0.4, -0.2) is 25.5 Å². The lowest BCUT2D eigenvalue weighted by atomic mass is 9.96. The summed E-state index contributed by atoms with van der Waals surface area (Å²) < 4.78 is 0. The van der Waals surface area contributed by atoms with Gasteiger partial charge in [0.25, 0.3) is 5.91 Å². The largest absolute Gasteiger partial charge is 0.371 e. The second-order valence-electron chi connectivity index (χ2n) is 4.66. The highest BCUT2D eigenvalue weighted by atomic mass is 35.5. The summed E-state index contributed by atoms with van der Waals surface area (Å²) in [6.07, 6.45) is 2.09. The van der Waals surface area contributed by atoms with Crippen LogP contribution in [0.2, 0.25) is 5.02 Å². The number of hydrogen-bond donors (Lipinski definition) is 2.